The monoisotopic (exact) mass is 365 g/mol. The average Bonchev–Trinajstić information content (AvgIpc) is 2.63. The molecule has 0 bridgehead atoms. The van der Waals surface area contributed by atoms with Gasteiger partial charge in [-0.1, -0.05) is 35.9 Å². The minimum atomic E-state index is -0.611. The fraction of sp³-hybridized carbons (Fsp3) is 0.238. The zero-order valence-electron chi connectivity index (χ0n) is 15.8. The van der Waals surface area contributed by atoms with Gasteiger partial charge >= 0.3 is 6.03 Å². The largest absolute Gasteiger partial charge is 0.496 e. The maximum atomic E-state index is 13.1. The van der Waals surface area contributed by atoms with Crippen LogP contribution < -0.4 is 20.7 Å². The Bertz CT molecular complexity index is 934. The summed E-state index contributed by atoms with van der Waals surface area (Å²) in [5, 5.41) is 8.48. The summed E-state index contributed by atoms with van der Waals surface area (Å²) in [5.74, 6) is 0.331. The topological polar surface area (TPSA) is 79.5 Å². The van der Waals surface area contributed by atoms with Crippen LogP contribution in [0.5, 0.6) is 5.75 Å². The lowest BCUT2D eigenvalue weighted by Crippen LogP contribution is -2.46. The van der Waals surface area contributed by atoms with Crippen LogP contribution in [0.4, 0.5) is 10.5 Å². The lowest BCUT2D eigenvalue weighted by atomic mass is 9.94. The number of rotatable bonds is 4. The molecule has 27 heavy (non-hydrogen) atoms. The van der Waals surface area contributed by atoms with Crippen molar-refractivity contribution in [1.82, 2.24) is 10.6 Å². The van der Waals surface area contributed by atoms with Gasteiger partial charge in [0.15, 0.2) is 0 Å². The van der Waals surface area contributed by atoms with Crippen LogP contribution in [0, 0.1) is 13.8 Å². The number of benzene rings is 2. The van der Waals surface area contributed by atoms with Crippen molar-refractivity contribution in [2.45, 2.75) is 26.8 Å². The number of para-hydroxylation sites is 1. The summed E-state index contributed by atoms with van der Waals surface area (Å²) in [6.45, 7) is 5.67. The quantitative estimate of drug-likeness (QED) is 0.775. The molecule has 3 amide bonds. The normalized spacial score (nSPS) is 16.4. The number of allylic oxidation sites excluding steroid dienone is 1. The third-order valence-corrected chi connectivity index (χ3v) is 4.59. The number of methoxy groups -OCH3 is 1. The first kappa shape index (κ1) is 18.5. The van der Waals surface area contributed by atoms with Gasteiger partial charge in [0.1, 0.15) is 5.75 Å². The van der Waals surface area contributed by atoms with E-state index in [2.05, 4.69) is 16.0 Å². The third kappa shape index (κ3) is 3.79. The highest BCUT2D eigenvalue weighted by atomic mass is 16.5. The molecule has 0 radical (unpaired) electrons. The highest BCUT2D eigenvalue weighted by Gasteiger charge is 2.32. The summed E-state index contributed by atoms with van der Waals surface area (Å²) in [7, 11) is 1.56. The van der Waals surface area contributed by atoms with Crippen LogP contribution in [0.2, 0.25) is 0 Å². The molecule has 1 aliphatic rings. The highest BCUT2D eigenvalue weighted by molar-refractivity contribution is 6.07. The van der Waals surface area contributed by atoms with Crippen LogP contribution in [0.1, 0.15) is 29.7 Å². The minimum absolute atomic E-state index is 0.275. The van der Waals surface area contributed by atoms with Crippen molar-refractivity contribution in [2.24, 2.45) is 0 Å². The SMILES string of the molecule is COc1ccccc1[C@H]1NC(=O)NC(C)=C1C(=O)Nc1ccc(C)cc1C. The summed E-state index contributed by atoms with van der Waals surface area (Å²) in [6, 6.07) is 12.2. The number of carbonyl (C=O) groups is 2. The van der Waals surface area contributed by atoms with E-state index in [9.17, 15) is 9.59 Å². The molecule has 2 aromatic carbocycles. The Kier molecular flexibility index (Phi) is 5.16. The van der Waals surface area contributed by atoms with Crippen molar-refractivity contribution >= 4 is 17.6 Å². The van der Waals surface area contributed by atoms with E-state index in [1.165, 1.54) is 0 Å². The van der Waals surface area contributed by atoms with Gasteiger partial charge in [-0.05, 0) is 38.5 Å². The first-order valence-corrected chi connectivity index (χ1v) is 8.70. The van der Waals surface area contributed by atoms with E-state index >= 15 is 0 Å². The van der Waals surface area contributed by atoms with Gasteiger partial charge in [0, 0.05) is 16.9 Å². The number of hydrogen-bond acceptors (Lipinski definition) is 3. The number of anilines is 1. The first-order chi connectivity index (χ1) is 12.9. The van der Waals surface area contributed by atoms with Gasteiger partial charge in [-0.15, -0.1) is 0 Å². The Hall–Kier alpha value is -3.28. The molecule has 0 aliphatic carbocycles. The Balaban J connectivity index is 2.00. The Morgan fingerprint density at radius 3 is 2.56 bits per heavy atom. The summed E-state index contributed by atoms with van der Waals surface area (Å²) in [6.07, 6.45) is 0. The predicted molar refractivity (Wildman–Crippen MR) is 105 cm³/mol. The van der Waals surface area contributed by atoms with Gasteiger partial charge in [-0.2, -0.15) is 0 Å². The fourth-order valence-corrected chi connectivity index (χ4v) is 3.28. The van der Waals surface area contributed by atoms with E-state index < -0.39 is 6.04 Å². The van der Waals surface area contributed by atoms with Crippen LogP contribution >= 0.6 is 0 Å². The van der Waals surface area contributed by atoms with Gasteiger partial charge in [0.25, 0.3) is 5.91 Å². The Morgan fingerprint density at radius 1 is 1.11 bits per heavy atom. The molecule has 3 N–H and O–H groups in total. The Labute approximate surface area is 158 Å². The highest BCUT2D eigenvalue weighted by Crippen LogP contribution is 2.33. The van der Waals surface area contributed by atoms with Crippen molar-refractivity contribution in [3.05, 3.63) is 70.4 Å². The standard InChI is InChI=1S/C21H23N3O3/c1-12-9-10-16(13(2)11-12)23-20(25)18-14(3)22-21(26)24-19(18)15-7-5-6-8-17(15)27-4/h5-11,19H,1-4H3,(H,23,25)(H2,22,24,26)/t19-/m1/s1. The summed E-state index contributed by atoms with van der Waals surface area (Å²) < 4.78 is 5.42. The van der Waals surface area contributed by atoms with Gasteiger partial charge in [0.05, 0.1) is 18.7 Å². The minimum Gasteiger partial charge on any atom is -0.496 e. The van der Waals surface area contributed by atoms with E-state index in [-0.39, 0.29) is 11.9 Å². The average molecular weight is 365 g/mol. The second-order valence-corrected chi connectivity index (χ2v) is 6.58. The maximum absolute atomic E-state index is 13.1. The van der Waals surface area contributed by atoms with Gasteiger partial charge in [0.2, 0.25) is 0 Å². The third-order valence-electron chi connectivity index (χ3n) is 4.59. The first-order valence-electron chi connectivity index (χ1n) is 8.70. The van der Waals surface area contributed by atoms with E-state index in [4.69, 9.17) is 4.74 Å². The van der Waals surface area contributed by atoms with Gasteiger partial charge < -0.3 is 20.7 Å². The molecule has 2 aromatic rings. The molecule has 3 rings (SSSR count). The number of carbonyl (C=O) groups excluding carboxylic acids is 2. The number of ether oxygens (including phenoxy) is 1. The molecule has 1 aliphatic heterocycles. The molecular weight excluding hydrogens is 342 g/mol. The molecule has 6 nitrogen and oxygen atoms in total. The van der Waals surface area contributed by atoms with Crippen molar-refractivity contribution in [3.63, 3.8) is 0 Å². The van der Waals surface area contributed by atoms with E-state index in [1.54, 1.807) is 20.1 Å². The predicted octanol–water partition coefficient (Wildman–Crippen LogP) is 3.58. The molecule has 0 fully saturated rings. The number of urea groups is 1. The number of amides is 3. The number of hydrogen-bond donors (Lipinski definition) is 3. The van der Waals surface area contributed by atoms with E-state index in [0.29, 0.717) is 17.0 Å². The molecule has 140 valence electrons. The van der Waals surface area contributed by atoms with Crippen LogP contribution in [0.15, 0.2) is 53.7 Å². The summed E-state index contributed by atoms with van der Waals surface area (Å²) >= 11 is 0. The van der Waals surface area contributed by atoms with Crippen LogP contribution in [-0.4, -0.2) is 19.0 Å². The number of aryl methyl sites for hydroxylation is 2. The van der Waals surface area contributed by atoms with Crippen molar-refractivity contribution in [2.75, 3.05) is 12.4 Å². The molecule has 0 unspecified atom stereocenters. The zero-order chi connectivity index (χ0) is 19.6. The van der Waals surface area contributed by atoms with Crippen molar-refractivity contribution in [1.29, 1.82) is 0 Å². The molecule has 6 heteroatoms. The van der Waals surface area contributed by atoms with Crippen molar-refractivity contribution in [3.8, 4) is 5.75 Å². The molecule has 1 heterocycles. The second kappa shape index (κ2) is 7.53. The molecule has 0 spiro atoms. The van der Waals surface area contributed by atoms with E-state index in [1.807, 2.05) is 50.2 Å². The van der Waals surface area contributed by atoms with Gasteiger partial charge in [-0.25, -0.2) is 4.79 Å². The smallest absolute Gasteiger partial charge is 0.319 e. The summed E-state index contributed by atoms with van der Waals surface area (Å²) in [4.78, 5) is 25.1. The fourth-order valence-electron chi connectivity index (χ4n) is 3.28. The molecule has 1 atom stereocenters. The van der Waals surface area contributed by atoms with E-state index in [0.717, 1.165) is 22.4 Å². The van der Waals surface area contributed by atoms with Gasteiger partial charge in [-0.3, -0.25) is 4.79 Å². The molecular formula is C21H23N3O3. The van der Waals surface area contributed by atoms with Crippen LogP contribution in [-0.2, 0) is 4.79 Å². The molecule has 0 saturated carbocycles. The Morgan fingerprint density at radius 2 is 1.85 bits per heavy atom. The lowest BCUT2D eigenvalue weighted by molar-refractivity contribution is -0.113. The summed E-state index contributed by atoms with van der Waals surface area (Å²) in [5.41, 5.74) is 4.51. The maximum Gasteiger partial charge on any atom is 0.319 e. The lowest BCUT2D eigenvalue weighted by Gasteiger charge is -2.29. The number of nitrogens with one attached hydrogen (secondary N) is 3. The molecule has 0 aromatic heterocycles. The zero-order valence-corrected chi connectivity index (χ0v) is 15.8. The van der Waals surface area contributed by atoms with Crippen LogP contribution in [0.3, 0.4) is 0 Å². The van der Waals surface area contributed by atoms with Crippen LogP contribution in [0.25, 0.3) is 0 Å². The van der Waals surface area contributed by atoms with Crippen molar-refractivity contribution < 1.29 is 14.3 Å². The molecule has 0 saturated heterocycles. The second-order valence-electron chi connectivity index (χ2n) is 6.58.